The molecule has 70 valence electrons. The number of amides is 1. The third-order valence-electron chi connectivity index (χ3n) is 1.51. The van der Waals surface area contributed by atoms with Gasteiger partial charge in [-0.25, -0.2) is 0 Å². The molecule has 0 saturated heterocycles. The van der Waals surface area contributed by atoms with E-state index in [2.05, 4.69) is 20.9 Å². The summed E-state index contributed by atoms with van der Waals surface area (Å²) in [6.45, 7) is 0. The number of primary amides is 1. The van der Waals surface area contributed by atoms with Gasteiger partial charge in [-0.2, -0.15) is 0 Å². The number of aromatic nitrogens is 1. The minimum atomic E-state index is -0.532. The molecule has 2 N–H and O–H groups in total. The fourth-order valence-electron chi connectivity index (χ4n) is 0.821. The molecule has 5 heteroatoms. The van der Waals surface area contributed by atoms with Crippen LogP contribution in [0.25, 0.3) is 0 Å². The summed E-state index contributed by atoms with van der Waals surface area (Å²) in [5, 5.41) is -0.207. The summed E-state index contributed by atoms with van der Waals surface area (Å²) >= 11 is 3.27. The van der Waals surface area contributed by atoms with Crippen LogP contribution in [-0.4, -0.2) is 18.0 Å². The van der Waals surface area contributed by atoms with E-state index in [0.717, 1.165) is 5.56 Å². The molecule has 0 aromatic carbocycles. The lowest BCUT2D eigenvalue weighted by Gasteiger charge is -2.06. The van der Waals surface area contributed by atoms with Crippen molar-refractivity contribution in [2.45, 2.75) is 5.01 Å². The molecule has 1 aromatic heterocycles. The average molecular weight is 245 g/mol. The SMILES string of the molecule is COC(Br)c1ccc(C(N)=O)nc1. The zero-order valence-corrected chi connectivity index (χ0v) is 8.61. The van der Waals surface area contributed by atoms with E-state index in [0.29, 0.717) is 0 Å². The fraction of sp³-hybridized carbons (Fsp3) is 0.250. The van der Waals surface area contributed by atoms with Crippen molar-refractivity contribution in [1.29, 1.82) is 0 Å². The van der Waals surface area contributed by atoms with E-state index in [9.17, 15) is 4.79 Å². The monoisotopic (exact) mass is 244 g/mol. The van der Waals surface area contributed by atoms with Gasteiger partial charge in [-0.05, 0) is 6.07 Å². The number of nitrogens with zero attached hydrogens (tertiary/aromatic N) is 1. The van der Waals surface area contributed by atoms with Crippen LogP contribution >= 0.6 is 15.9 Å². The Bertz CT molecular complexity index is 300. The van der Waals surface area contributed by atoms with Crippen LogP contribution in [0.3, 0.4) is 0 Å². The largest absolute Gasteiger partial charge is 0.365 e. The Labute approximate surface area is 84.2 Å². The molecule has 1 aromatic rings. The van der Waals surface area contributed by atoms with Crippen LogP contribution in [0.2, 0.25) is 0 Å². The molecule has 0 bridgehead atoms. The van der Waals surface area contributed by atoms with Crippen molar-refractivity contribution in [3.05, 3.63) is 29.6 Å². The fourth-order valence-corrected chi connectivity index (χ4v) is 1.09. The number of methoxy groups -OCH3 is 1. The number of ether oxygens (including phenoxy) is 1. The predicted octanol–water partition coefficient (Wildman–Crippen LogP) is 1.22. The van der Waals surface area contributed by atoms with Gasteiger partial charge in [0.25, 0.3) is 5.91 Å². The highest BCUT2D eigenvalue weighted by Gasteiger charge is 2.07. The number of nitrogens with two attached hydrogens (primary N) is 1. The van der Waals surface area contributed by atoms with Gasteiger partial charge in [0.15, 0.2) is 0 Å². The molecule has 1 unspecified atom stereocenters. The maximum atomic E-state index is 10.7. The molecule has 1 atom stereocenters. The summed E-state index contributed by atoms with van der Waals surface area (Å²) in [6, 6.07) is 3.29. The second-order valence-corrected chi connectivity index (χ2v) is 3.22. The molecule has 0 aliphatic heterocycles. The number of pyridine rings is 1. The molecule has 0 aliphatic carbocycles. The van der Waals surface area contributed by atoms with Gasteiger partial charge in [-0.1, -0.05) is 22.0 Å². The number of hydrogen-bond acceptors (Lipinski definition) is 3. The lowest BCUT2D eigenvalue weighted by Crippen LogP contribution is -2.12. The van der Waals surface area contributed by atoms with Crippen molar-refractivity contribution in [2.24, 2.45) is 5.73 Å². The molecule has 1 heterocycles. The zero-order chi connectivity index (χ0) is 9.84. The Kier molecular flexibility index (Phi) is 3.39. The molecule has 1 rings (SSSR count). The lowest BCUT2D eigenvalue weighted by molar-refractivity contribution is 0.0995. The molecule has 13 heavy (non-hydrogen) atoms. The van der Waals surface area contributed by atoms with Crippen molar-refractivity contribution in [3.63, 3.8) is 0 Å². The topological polar surface area (TPSA) is 65.2 Å². The summed E-state index contributed by atoms with van der Waals surface area (Å²) in [7, 11) is 1.57. The third kappa shape index (κ3) is 2.50. The van der Waals surface area contributed by atoms with Crippen molar-refractivity contribution in [1.82, 2.24) is 4.98 Å². The van der Waals surface area contributed by atoms with Gasteiger partial charge in [0.2, 0.25) is 0 Å². The highest BCUT2D eigenvalue weighted by atomic mass is 79.9. The van der Waals surface area contributed by atoms with E-state index in [1.54, 1.807) is 25.4 Å². The first-order chi connectivity index (χ1) is 6.15. The standard InChI is InChI=1S/C8H9BrN2O2/c1-13-7(9)5-2-3-6(8(10)12)11-4-5/h2-4,7H,1H3,(H2,10,12). The quantitative estimate of drug-likeness (QED) is 0.814. The highest BCUT2D eigenvalue weighted by Crippen LogP contribution is 2.21. The number of alkyl halides is 1. The van der Waals surface area contributed by atoms with E-state index in [1.165, 1.54) is 0 Å². The molecule has 0 aliphatic rings. The van der Waals surface area contributed by atoms with Crippen molar-refractivity contribution in [2.75, 3.05) is 7.11 Å². The van der Waals surface area contributed by atoms with Gasteiger partial charge < -0.3 is 10.5 Å². The second-order valence-electron chi connectivity index (χ2n) is 2.39. The Morgan fingerprint density at radius 3 is 2.77 bits per heavy atom. The Balaban J connectivity index is 2.87. The van der Waals surface area contributed by atoms with Crippen molar-refractivity contribution < 1.29 is 9.53 Å². The van der Waals surface area contributed by atoms with Gasteiger partial charge in [0, 0.05) is 18.9 Å². The molecular formula is C8H9BrN2O2. The van der Waals surface area contributed by atoms with E-state index in [-0.39, 0.29) is 10.7 Å². The summed E-state index contributed by atoms with van der Waals surface area (Å²) in [6.07, 6.45) is 1.54. The molecule has 1 amide bonds. The lowest BCUT2D eigenvalue weighted by atomic mass is 10.2. The second kappa shape index (κ2) is 4.34. The van der Waals surface area contributed by atoms with Crippen LogP contribution < -0.4 is 5.73 Å². The smallest absolute Gasteiger partial charge is 0.267 e. The van der Waals surface area contributed by atoms with Crippen molar-refractivity contribution in [3.8, 4) is 0 Å². The maximum absolute atomic E-state index is 10.7. The van der Waals surface area contributed by atoms with Crippen LogP contribution in [0.1, 0.15) is 21.1 Å². The summed E-state index contributed by atoms with van der Waals surface area (Å²) in [4.78, 5) is 14.5. The van der Waals surface area contributed by atoms with E-state index >= 15 is 0 Å². The zero-order valence-electron chi connectivity index (χ0n) is 7.03. The first kappa shape index (κ1) is 10.1. The first-order valence-corrected chi connectivity index (χ1v) is 4.49. The summed E-state index contributed by atoms with van der Waals surface area (Å²) in [5.41, 5.74) is 6.12. The molecular weight excluding hydrogens is 236 g/mol. The van der Waals surface area contributed by atoms with Crippen LogP contribution in [-0.2, 0) is 4.74 Å². The number of halogens is 1. The van der Waals surface area contributed by atoms with Gasteiger partial charge in [-0.3, -0.25) is 9.78 Å². The molecule has 0 spiro atoms. The van der Waals surface area contributed by atoms with Gasteiger partial charge in [0.05, 0.1) is 0 Å². The summed E-state index contributed by atoms with van der Waals surface area (Å²) < 4.78 is 5.00. The Morgan fingerprint density at radius 1 is 1.69 bits per heavy atom. The molecule has 0 radical (unpaired) electrons. The third-order valence-corrected chi connectivity index (χ3v) is 2.41. The normalized spacial score (nSPS) is 12.5. The van der Waals surface area contributed by atoms with Gasteiger partial charge in [0.1, 0.15) is 10.7 Å². The highest BCUT2D eigenvalue weighted by molar-refractivity contribution is 9.09. The first-order valence-electron chi connectivity index (χ1n) is 3.57. The van der Waals surface area contributed by atoms with Crippen LogP contribution in [0.5, 0.6) is 0 Å². The van der Waals surface area contributed by atoms with E-state index < -0.39 is 5.91 Å². The average Bonchev–Trinajstić information content (AvgIpc) is 2.17. The Morgan fingerprint density at radius 2 is 2.38 bits per heavy atom. The van der Waals surface area contributed by atoms with Crippen molar-refractivity contribution >= 4 is 21.8 Å². The van der Waals surface area contributed by atoms with E-state index in [4.69, 9.17) is 10.5 Å². The van der Waals surface area contributed by atoms with Crippen LogP contribution in [0, 0.1) is 0 Å². The number of carbonyl (C=O) groups is 1. The number of carbonyl (C=O) groups excluding carboxylic acids is 1. The predicted molar refractivity (Wildman–Crippen MR) is 51.4 cm³/mol. The van der Waals surface area contributed by atoms with Gasteiger partial charge in [-0.15, -0.1) is 0 Å². The van der Waals surface area contributed by atoms with Gasteiger partial charge >= 0.3 is 0 Å². The molecule has 0 saturated carbocycles. The molecule has 4 nitrogen and oxygen atoms in total. The number of rotatable bonds is 3. The minimum Gasteiger partial charge on any atom is -0.365 e. The molecule has 0 fully saturated rings. The maximum Gasteiger partial charge on any atom is 0.267 e. The number of hydrogen-bond donors (Lipinski definition) is 1. The summed E-state index contributed by atoms with van der Waals surface area (Å²) in [5.74, 6) is -0.532. The van der Waals surface area contributed by atoms with E-state index in [1.807, 2.05) is 0 Å². The Hall–Kier alpha value is -0.940. The minimum absolute atomic E-state index is 0.207. The van der Waals surface area contributed by atoms with Crippen LogP contribution in [0.4, 0.5) is 0 Å². The van der Waals surface area contributed by atoms with Crippen LogP contribution in [0.15, 0.2) is 18.3 Å².